The first kappa shape index (κ1) is 22.3. The van der Waals surface area contributed by atoms with Crippen LogP contribution in [0.4, 0.5) is 11.4 Å². The highest BCUT2D eigenvalue weighted by atomic mass is 35.5. The van der Waals surface area contributed by atoms with E-state index in [4.69, 9.17) is 25.8 Å². The highest BCUT2D eigenvalue weighted by Gasteiger charge is 2.14. The summed E-state index contributed by atoms with van der Waals surface area (Å²) in [5.74, 6) is 1.49. The van der Waals surface area contributed by atoms with E-state index in [0.29, 0.717) is 13.2 Å². The molecule has 32 heavy (non-hydrogen) atoms. The van der Waals surface area contributed by atoms with Gasteiger partial charge < -0.3 is 24.4 Å². The van der Waals surface area contributed by atoms with Crippen LogP contribution < -0.4 is 19.7 Å². The maximum atomic E-state index is 6.55. The lowest BCUT2D eigenvalue weighted by molar-refractivity contribution is 0.122. The molecule has 168 valence electrons. The van der Waals surface area contributed by atoms with Crippen molar-refractivity contribution in [1.29, 1.82) is 0 Å². The maximum Gasteiger partial charge on any atom is 0.161 e. The average molecular weight is 453 g/mol. The van der Waals surface area contributed by atoms with Crippen molar-refractivity contribution < 1.29 is 14.2 Å². The maximum absolute atomic E-state index is 6.55. The van der Waals surface area contributed by atoms with Gasteiger partial charge in [-0.3, -0.25) is 0 Å². The predicted molar refractivity (Wildman–Crippen MR) is 130 cm³/mol. The van der Waals surface area contributed by atoms with Gasteiger partial charge in [0.15, 0.2) is 11.5 Å². The second-order valence-corrected chi connectivity index (χ2v) is 8.10. The van der Waals surface area contributed by atoms with Crippen LogP contribution in [0.2, 0.25) is 5.02 Å². The zero-order valence-corrected chi connectivity index (χ0v) is 19.1. The highest BCUT2D eigenvalue weighted by Crippen LogP contribution is 2.31. The summed E-state index contributed by atoms with van der Waals surface area (Å²) in [7, 11) is 1.67. The summed E-state index contributed by atoms with van der Waals surface area (Å²) >= 11 is 6.55. The van der Waals surface area contributed by atoms with Gasteiger partial charge in [-0.15, -0.1) is 0 Å². The van der Waals surface area contributed by atoms with Crippen molar-refractivity contribution in [1.82, 2.24) is 0 Å². The summed E-state index contributed by atoms with van der Waals surface area (Å²) in [6, 6.07) is 22.5. The van der Waals surface area contributed by atoms with Crippen molar-refractivity contribution >= 4 is 23.0 Å². The van der Waals surface area contributed by atoms with Gasteiger partial charge in [-0.25, -0.2) is 0 Å². The average Bonchev–Trinajstić information content (AvgIpc) is 2.84. The number of methoxy groups -OCH3 is 1. The molecule has 4 rings (SSSR count). The third-order valence-corrected chi connectivity index (χ3v) is 5.82. The molecule has 1 aliphatic heterocycles. The van der Waals surface area contributed by atoms with Crippen molar-refractivity contribution in [2.24, 2.45) is 0 Å². The smallest absolute Gasteiger partial charge is 0.161 e. The SMILES string of the molecule is COc1cc(CNc2ccc(N3CCOCC3)c(Cl)c2)ccc1OCCc1ccccc1. The van der Waals surface area contributed by atoms with Gasteiger partial charge in [0.1, 0.15) is 0 Å². The fourth-order valence-corrected chi connectivity index (χ4v) is 4.05. The number of hydrogen-bond acceptors (Lipinski definition) is 5. The largest absolute Gasteiger partial charge is 0.493 e. The molecule has 0 aliphatic carbocycles. The second kappa shape index (κ2) is 11.1. The molecule has 1 saturated heterocycles. The van der Waals surface area contributed by atoms with Crippen molar-refractivity contribution in [3.8, 4) is 11.5 Å². The van der Waals surface area contributed by atoms with Gasteiger partial charge in [0, 0.05) is 31.7 Å². The Balaban J connectivity index is 1.33. The summed E-state index contributed by atoms with van der Waals surface area (Å²) in [5, 5.41) is 4.19. The van der Waals surface area contributed by atoms with Gasteiger partial charge in [0.2, 0.25) is 0 Å². The minimum absolute atomic E-state index is 0.603. The first-order chi connectivity index (χ1) is 15.7. The standard InChI is InChI=1S/C26H29ClN2O3/c1-30-26-17-21(7-10-25(26)32-14-11-20-5-3-2-4-6-20)19-28-22-8-9-24(23(27)18-22)29-12-15-31-16-13-29/h2-10,17-18,28H,11-16,19H2,1H3. The number of morpholine rings is 1. The van der Waals surface area contributed by atoms with Gasteiger partial charge in [0.25, 0.3) is 0 Å². The molecule has 0 saturated carbocycles. The number of nitrogens with zero attached hydrogens (tertiary/aromatic N) is 1. The highest BCUT2D eigenvalue weighted by molar-refractivity contribution is 6.33. The number of nitrogens with one attached hydrogen (secondary N) is 1. The molecule has 5 nitrogen and oxygen atoms in total. The van der Waals surface area contributed by atoms with Crippen LogP contribution in [-0.2, 0) is 17.7 Å². The van der Waals surface area contributed by atoms with Crippen LogP contribution in [0.1, 0.15) is 11.1 Å². The summed E-state index contributed by atoms with van der Waals surface area (Å²) in [5.41, 5.74) is 4.39. The monoisotopic (exact) mass is 452 g/mol. The predicted octanol–water partition coefficient (Wildman–Crippen LogP) is 5.42. The van der Waals surface area contributed by atoms with Gasteiger partial charge in [-0.2, -0.15) is 0 Å². The molecule has 0 spiro atoms. The van der Waals surface area contributed by atoms with Crippen LogP contribution in [0.5, 0.6) is 11.5 Å². The lowest BCUT2D eigenvalue weighted by Gasteiger charge is -2.29. The third-order valence-electron chi connectivity index (χ3n) is 5.52. The van der Waals surface area contributed by atoms with E-state index < -0.39 is 0 Å². The molecule has 0 bridgehead atoms. The first-order valence-electron chi connectivity index (χ1n) is 10.9. The fraction of sp³-hybridized carbons (Fsp3) is 0.308. The van der Waals surface area contributed by atoms with Crippen molar-refractivity contribution in [3.05, 3.63) is 82.9 Å². The van der Waals surface area contributed by atoms with E-state index >= 15 is 0 Å². The topological polar surface area (TPSA) is 43.0 Å². The summed E-state index contributed by atoms with van der Waals surface area (Å²) in [6.45, 7) is 4.48. The van der Waals surface area contributed by atoms with Crippen molar-refractivity contribution in [2.75, 3.05) is 50.2 Å². The number of rotatable bonds is 9. The van der Waals surface area contributed by atoms with E-state index in [-0.39, 0.29) is 0 Å². The lowest BCUT2D eigenvalue weighted by Crippen LogP contribution is -2.36. The quantitative estimate of drug-likeness (QED) is 0.469. The van der Waals surface area contributed by atoms with E-state index in [1.165, 1.54) is 5.56 Å². The van der Waals surface area contributed by atoms with Crippen molar-refractivity contribution in [2.45, 2.75) is 13.0 Å². The van der Waals surface area contributed by atoms with Crippen molar-refractivity contribution in [3.63, 3.8) is 0 Å². The molecular weight excluding hydrogens is 424 g/mol. The molecule has 0 aromatic heterocycles. The first-order valence-corrected chi connectivity index (χ1v) is 11.3. The summed E-state index contributed by atoms with van der Waals surface area (Å²) in [6.07, 6.45) is 0.856. The summed E-state index contributed by atoms with van der Waals surface area (Å²) < 4.78 is 16.9. The van der Waals surface area contributed by atoms with Gasteiger partial charge in [0.05, 0.1) is 37.6 Å². The Kier molecular flexibility index (Phi) is 7.75. The Labute approximate surface area is 194 Å². The minimum Gasteiger partial charge on any atom is -0.493 e. The number of ether oxygens (including phenoxy) is 3. The molecule has 0 radical (unpaired) electrons. The summed E-state index contributed by atoms with van der Waals surface area (Å²) in [4.78, 5) is 2.26. The van der Waals surface area contributed by atoms with Crippen LogP contribution in [0.15, 0.2) is 66.7 Å². The molecule has 1 fully saturated rings. The molecule has 6 heteroatoms. The zero-order chi connectivity index (χ0) is 22.2. The van der Waals surface area contributed by atoms with Crippen LogP contribution in [-0.4, -0.2) is 40.0 Å². The van der Waals surface area contributed by atoms with Crippen LogP contribution in [0.3, 0.4) is 0 Å². The van der Waals surface area contributed by atoms with E-state index in [1.54, 1.807) is 7.11 Å². The lowest BCUT2D eigenvalue weighted by atomic mass is 10.1. The molecule has 0 atom stereocenters. The van der Waals surface area contributed by atoms with Crippen LogP contribution >= 0.6 is 11.6 Å². The van der Waals surface area contributed by atoms with E-state index in [2.05, 4.69) is 40.5 Å². The Bertz CT molecular complexity index is 1010. The molecule has 1 heterocycles. The molecule has 3 aromatic rings. The van der Waals surface area contributed by atoms with Crippen LogP contribution in [0, 0.1) is 0 Å². The molecule has 0 unspecified atom stereocenters. The van der Waals surface area contributed by atoms with E-state index in [1.807, 2.05) is 36.4 Å². The Hall–Kier alpha value is -2.89. The molecule has 1 N–H and O–H groups in total. The minimum atomic E-state index is 0.603. The number of benzene rings is 3. The number of halogens is 1. The number of hydrogen-bond donors (Lipinski definition) is 1. The Morgan fingerprint density at radius 3 is 2.50 bits per heavy atom. The van der Waals surface area contributed by atoms with Gasteiger partial charge >= 0.3 is 0 Å². The van der Waals surface area contributed by atoms with Crippen LogP contribution in [0.25, 0.3) is 0 Å². The fourth-order valence-electron chi connectivity index (χ4n) is 3.75. The van der Waals surface area contributed by atoms with E-state index in [9.17, 15) is 0 Å². The van der Waals surface area contributed by atoms with Gasteiger partial charge in [-0.1, -0.05) is 48.0 Å². The normalized spacial score (nSPS) is 13.6. The molecule has 3 aromatic carbocycles. The zero-order valence-electron chi connectivity index (χ0n) is 18.4. The Morgan fingerprint density at radius 1 is 0.938 bits per heavy atom. The molecule has 1 aliphatic rings. The molecule has 0 amide bonds. The Morgan fingerprint density at radius 2 is 1.75 bits per heavy atom. The second-order valence-electron chi connectivity index (χ2n) is 7.69. The van der Waals surface area contributed by atoms with E-state index in [0.717, 1.165) is 66.2 Å². The third kappa shape index (κ3) is 5.87. The number of anilines is 2. The van der Waals surface area contributed by atoms with Gasteiger partial charge in [-0.05, 0) is 41.5 Å². The molecular formula is C26H29ClN2O3.